The van der Waals surface area contributed by atoms with Gasteiger partial charge in [-0.05, 0) is 50.7 Å². The van der Waals surface area contributed by atoms with Crippen LogP contribution >= 0.6 is 24.0 Å². The predicted molar refractivity (Wildman–Crippen MR) is 118 cm³/mol. The molecule has 1 aliphatic carbocycles. The number of halogens is 1. The lowest BCUT2D eigenvalue weighted by Crippen LogP contribution is -2.40. The molecule has 0 bridgehead atoms. The van der Waals surface area contributed by atoms with Crippen LogP contribution in [0.4, 0.5) is 5.82 Å². The molecule has 2 rings (SSSR count). The van der Waals surface area contributed by atoms with E-state index in [1.54, 1.807) is 6.07 Å². The molecule has 146 valence electrons. The number of nitrogens with zero attached hydrogens (tertiary/aromatic N) is 2. The van der Waals surface area contributed by atoms with Gasteiger partial charge in [-0.1, -0.05) is 19.4 Å². The first-order valence-electron chi connectivity index (χ1n) is 9.32. The van der Waals surface area contributed by atoms with E-state index in [1.807, 2.05) is 26.0 Å². The van der Waals surface area contributed by atoms with Crippen molar-refractivity contribution < 1.29 is 4.79 Å². The maximum atomic E-state index is 12.0. The van der Waals surface area contributed by atoms with Crippen LogP contribution in [0, 0.1) is 12.3 Å². The number of guanidine groups is 1. The first-order chi connectivity index (χ1) is 12.1. The van der Waals surface area contributed by atoms with Gasteiger partial charge in [0.25, 0.3) is 0 Å². The van der Waals surface area contributed by atoms with Crippen molar-refractivity contribution in [2.45, 2.75) is 52.9 Å². The van der Waals surface area contributed by atoms with E-state index in [4.69, 9.17) is 4.99 Å². The number of aryl methyl sites for hydroxylation is 1. The van der Waals surface area contributed by atoms with Crippen LogP contribution in [-0.4, -0.2) is 36.5 Å². The maximum absolute atomic E-state index is 12.0. The summed E-state index contributed by atoms with van der Waals surface area (Å²) in [6.45, 7) is 8.41. The van der Waals surface area contributed by atoms with E-state index in [0.717, 1.165) is 24.7 Å². The number of aromatic nitrogens is 1. The maximum Gasteiger partial charge on any atom is 0.227 e. The van der Waals surface area contributed by atoms with Crippen molar-refractivity contribution in [1.29, 1.82) is 0 Å². The highest BCUT2D eigenvalue weighted by Gasteiger charge is 2.34. The topological polar surface area (TPSA) is 78.4 Å². The number of aliphatic imine (C=N–C) groups is 1. The van der Waals surface area contributed by atoms with E-state index in [2.05, 4.69) is 27.9 Å². The smallest absolute Gasteiger partial charge is 0.227 e. The quantitative estimate of drug-likeness (QED) is 0.307. The minimum Gasteiger partial charge on any atom is -0.357 e. The van der Waals surface area contributed by atoms with E-state index < -0.39 is 0 Å². The number of hydrogen-bond acceptors (Lipinski definition) is 3. The Hall–Kier alpha value is -1.38. The molecule has 1 fully saturated rings. The Balaban J connectivity index is 0.00000338. The van der Waals surface area contributed by atoms with E-state index >= 15 is 0 Å². The summed E-state index contributed by atoms with van der Waals surface area (Å²) in [4.78, 5) is 21.0. The zero-order valence-electron chi connectivity index (χ0n) is 16.1. The molecule has 0 aliphatic heterocycles. The molecule has 26 heavy (non-hydrogen) atoms. The van der Waals surface area contributed by atoms with E-state index in [0.29, 0.717) is 24.2 Å². The van der Waals surface area contributed by atoms with Gasteiger partial charge in [-0.2, -0.15) is 0 Å². The summed E-state index contributed by atoms with van der Waals surface area (Å²) in [5, 5.41) is 9.33. The molecule has 0 saturated heterocycles. The lowest BCUT2D eigenvalue weighted by atomic mass is 9.67. The molecule has 1 heterocycles. The lowest BCUT2D eigenvalue weighted by molar-refractivity contribution is -0.116. The molecule has 1 aliphatic rings. The number of carbonyl (C=O) groups excluding carboxylic acids is 1. The number of anilines is 1. The SMILES string of the molecule is CCNC(=NCC1(CC)CCC1)NCCC(=O)Nc1cccc(C)n1.I. The average molecular weight is 473 g/mol. The molecule has 1 amide bonds. The van der Waals surface area contributed by atoms with Crippen LogP contribution in [0.1, 0.15) is 51.6 Å². The van der Waals surface area contributed by atoms with Gasteiger partial charge < -0.3 is 16.0 Å². The zero-order chi connectivity index (χ0) is 18.1. The standard InChI is InChI=1S/C19H31N5O.HI/c1-4-19(11-7-12-19)14-22-18(20-5-2)21-13-10-17(25)24-16-9-6-8-15(3)23-16;/h6,8-9H,4-5,7,10-14H2,1-3H3,(H2,20,21,22)(H,23,24,25);1H. The number of amides is 1. The van der Waals surface area contributed by atoms with Crippen molar-refractivity contribution in [3.8, 4) is 0 Å². The van der Waals surface area contributed by atoms with Crippen molar-refractivity contribution in [3.63, 3.8) is 0 Å². The number of rotatable bonds is 8. The molecule has 0 aromatic carbocycles. The molecule has 3 N–H and O–H groups in total. The van der Waals surface area contributed by atoms with Crippen molar-refractivity contribution in [1.82, 2.24) is 15.6 Å². The molecule has 1 aromatic rings. The molecule has 0 atom stereocenters. The molecule has 0 radical (unpaired) electrons. The summed E-state index contributed by atoms with van der Waals surface area (Å²) in [5.41, 5.74) is 1.29. The summed E-state index contributed by atoms with van der Waals surface area (Å²) < 4.78 is 0. The second-order valence-electron chi connectivity index (χ2n) is 6.79. The summed E-state index contributed by atoms with van der Waals surface area (Å²) >= 11 is 0. The zero-order valence-corrected chi connectivity index (χ0v) is 18.4. The third kappa shape index (κ3) is 7.09. The molecule has 0 unspecified atom stereocenters. The Morgan fingerprint density at radius 2 is 2.04 bits per heavy atom. The highest BCUT2D eigenvalue weighted by Crippen LogP contribution is 2.43. The molecule has 7 heteroatoms. The van der Waals surface area contributed by atoms with Gasteiger partial charge in [0, 0.05) is 31.7 Å². The van der Waals surface area contributed by atoms with Crippen molar-refractivity contribution in [2.24, 2.45) is 10.4 Å². The van der Waals surface area contributed by atoms with Gasteiger partial charge in [-0.15, -0.1) is 24.0 Å². The number of carbonyl (C=O) groups is 1. The third-order valence-corrected chi connectivity index (χ3v) is 4.88. The van der Waals surface area contributed by atoms with Gasteiger partial charge in [0.05, 0.1) is 0 Å². The lowest BCUT2D eigenvalue weighted by Gasteiger charge is -2.40. The molecule has 6 nitrogen and oxygen atoms in total. The first-order valence-corrected chi connectivity index (χ1v) is 9.32. The van der Waals surface area contributed by atoms with Gasteiger partial charge in [0.2, 0.25) is 5.91 Å². The Morgan fingerprint density at radius 1 is 1.27 bits per heavy atom. The van der Waals surface area contributed by atoms with Crippen molar-refractivity contribution in [2.75, 3.05) is 25.0 Å². The van der Waals surface area contributed by atoms with Gasteiger partial charge >= 0.3 is 0 Å². The summed E-state index contributed by atoms with van der Waals surface area (Å²) in [6.07, 6.45) is 5.43. The van der Waals surface area contributed by atoms with E-state index in [1.165, 1.54) is 25.7 Å². The fourth-order valence-corrected chi connectivity index (χ4v) is 3.00. The van der Waals surface area contributed by atoms with Crippen LogP contribution in [-0.2, 0) is 4.79 Å². The second kappa shape index (κ2) is 11.4. The Bertz CT molecular complexity index is 596. The summed E-state index contributed by atoms with van der Waals surface area (Å²) in [6, 6.07) is 5.59. The molecular formula is C19H32IN5O. The highest BCUT2D eigenvalue weighted by atomic mass is 127. The number of pyridine rings is 1. The van der Waals surface area contributed by atoms with E-state index in [-0.39, 0.29) is 29.9 Å². The summed E-state index contributed by atoms with van der Waals surface area (Å²) in [7, 11) is 0. The fourth-order valence-electron chi connectivity index (χ4n) is 3.00. The Kier molecular flexibility index (Phi) is 9.90. The monoisotopic (exact) mass is 473 g/mol. The van der Waals surface area contributed by atoms with Gasteiger partial charge in [-0.3, -0.25) is 9.79 Å². The second-order valence-corrected chi connectivity index (χ2v) is 6.79. The normalized spacial score (nSPS) is 15.4. The highest BCUT2D eigenvalue weighted by molar-refractivity contribution is 14.0. The van der Waals surface area contributed by atoms with Gasteiger partial charge in [0.1, 0.15) is 5.82 Å². The third-order valence-electron chi connectivity index (χ3n) is 4.88. The van der Waals surface area contributed by atoms with Gasteiger partial charge in [-0.25, -0.2) is 4.98 Å². The first kappa shape index (κ1) is 22.7. The largest absolute Gasteiger partial charge is 0.357 e. The fraction of sp³-hybridized carbons (Fsp3) is 0.632. The van der Waals surface area contributed by atoms with Crippen LogP contribution < -0.4 is 16.0 Å². The van der Waals surface area contributed by atoms with Crippen LogP contribution in [0.2, 0.25) is 0 Å². The number of nitrogens with one attached hydrogen (secondary N) is 3. The van der Waals surface area contributed by atoms with Gasteiger partial charge in [0.15, 0.2) is 5.96 Å². The molecule has 1 aromatic heterocycles. The summed E-state index contributed by atoms with van der Waals surface area (Å²) in [5.74, 6) is 1.34. The van der Waals surface area contributed by atoms with Crippen LogP contribution in [0.5, 0.6) is 0 Å². The molecular weight excluding hydrogens is 441 g/mol. The van der Waals surface area contributed by atoms with Crippen molar-refractivity contribution in [3.05, 3.63) is 23.9 Å². The predicted octanol–water partition coefficient (Wildman–Crippen LogP) is 3.47. The van der Waals surface area contributed by atoms with Crippen LogP contribution in [0.25, 0.3) is 0 Å². The van der Waals surface area contributed by atoms with Crippen LogP contribution in [0.3, 0.4) is 0 Å². The molecule has 0 spiro atoms. The van der Waals surface area contributed by atoms with Crippen LogP contribution in [0.15, 0.2) is 23.2 Å². The Morgan fingerprint density at radius 3 is 2.62 bits per heavy atom. The van der Waals surface area contributed by atoms with Crippen molar-refractivity contribution >= 4 is 41.7 Å². The molecule has 1 saturated carbocycles. The van der Waals surface area contributed by atoms with E-state index in [9.17, 15) is 4.79 Å². The minimum atomic E-state index is -0.0505. The Labute approximate surface area is 174 Å². The number of hydrogen-bond donors (Lipinski definition) is 3. The minimum absolute atomic E-state index is 0. The average Bonchev–Trinajstić information content (AvgIpc) is 2.54.